The first kappa shape index (κ1) is 21.2. The predicted octanol–water partition coefficient (Wildman–Crippen LogP) is 2.04. The van der Waals surface area contributed by atoms with Crippen molar-refractivity contribution in [2.75, 3.05) is 27.4 Å². The summed E-state index contributed by atoms with van der Waals surface area (Å²) in [6, 6.07) is 12.1. The average Bonchev–Trinajstić information content (AvgIpc) is 3.18. The minimum absolute atomic E-state index is 0.0818. The van der Waals surface area contributed by atoms with Gasteiger partial charge >= 0.3 is 5.97 Å². The summed E-state index contributed by atoms with van der Waals surface area (Å²) >= 11 is 3.67. The molecular weight excluding hydrogens is 472 g/mol. The van der Waals surface area contributed by atoms with E-state index in [4.69, 9.17) is 14.5 Å². The molecule has 166 valence electrons. The maximum absolute atomic E-state index is 12.8. The van der Waals surface area contributed by atoms with Crippen LogP contribution in [0.2, 0.25) is 0 Å². The number of rotatable bonds is 4. The molecule has 7 nitrogen and oxygen atoms in total. The highest BCUT2D eigenvalue weighted by Gasteiger charge is 2.43. The third-order valence-corrected chi connectivity index (χ3v) is 7.13. The van der Waals surface area contributed by atoms with Gasteiger partial charge < -0.3 is 9.47 Å². The van der Waals surface area contributed by atoms with Crippen LogP contribution in [0.3, 0.4) is 0 Å². The van der Waals surface area contributed by atoms with Crippen molar-refractivity contribution in [3.8, 4) is 0 Å². The molecule has 4 heterocycles. The number of hydrogen-bond acceptors (Lipinski definition) is 7. The van der Waals surface area contributed by atoms with E-state index in [9.17, 15) is 4.79 Å². The summed E-state index contributed by atoms with van der Waals surface area (Å²) < 4.78 is 11.7. The Morgan fingerprint density at radius 2 is 2.00 bits per heavy atom. The van der Waals surface area contributed by atoms with Crippen molar-refractivity contribution >= 4 is 27.6 Å². The van der Waals surface area contributed by atoms with Gasteiger partial charge in [-0.2, -0.15) is 0 Å². The molecule has 1 aromatic carbocycles. The van der Waals surface area contributed by atoms with Crippen LogP contribution in [0.1, 0.15) is 24.3 Å². The zero-order valence-electron chi connectivity index (χ0n) is 18.0. The van der Waals surface area contributed by atoms with Crippen LogP contribution in [0.4, 0.5) is 0 Å². The van der Waals surface area contributed by atoms with E-state index >= 15 is 0 Å². The summed E-state index contributed by atoms with van der Waals surface area (Å²) in [6.07, 6.45) is 3.65. The fraction of sp³-hybridized carbons (Fsp3) is 0.375. The van der Waals surface area contributed by atoms with Crippen molar-refractivity contribution in [3.63, 3.8) is 0 Å². The number of carbonyl (C=O) groups is 1. The lowest BCUT2D eigenvalue weighted by atomic mass is 9.73. The van der Waals surface area contributed by atoms with Crippen LogP contribution in [0.25, 0.3) is 5.70 Å². The van der Waals surface area contributed by atoms with Gasteiger partial charge in [-0.3, -0.25) is 20.4 Å². The lowest BCUT2D eigenvalue weighted by Crippen LogP contribution is -2.44. The van der Waals surface area contributed by atoms with Crippen LogP contribution in [0, 0.1) is 5.92 Å². The molecule has 8 heteroatoms. The lowest BCUT2D eigenvalue weighted by Gasteiger charge is -2.36. The van der Waals surface area contributed by atoms with Gasteiger partial charge in [-0.15, -0.1) is 0 Å². The van der Waals surface area contributed by atoms with Gasteiger partial charge in [-0.25, -0.2) is 4.79 Å². The van der Waals surface area contributed by atoms with Crippen molar-refractivity contribution < 1.29 is 14.3 Å². The molecule has 0 radical (unpaired) electrons. The lowest BCUT2D eigenvalue weighted by molar-refractivity contribution is -0.136. The van der Waals surface area contributed by atoms with Gasteiger partial charge in [0.1, 0.15) is 16.4 Å². The monoisotopic (exact) mass is 496 g/mol. The Bertz CT molecular complexity index is 1190. The number of hydrazine groups is 1. The molecule has 1 aromatic heterocycles. The van der Waals surface area contributed by atoms with E-state index in [1.54, 1.807) is 6.20 Å². The Morgan fingerprint density at radius 3 is 2.72 bits per heavy atom. The Morgan fingerprint density at radius 1 is 1.25 bits per heavy atom. The third-order valence-electron chi connectivity index (χ3n) is 6.49. The highest BCUT2D eigenvalue weighted by molar-refractivity contribution is 9.10. The van der Waals surface area contributed by atoms with Gasteiger partial charge in [-0.05, 0) is 46.3 Å². The quantitative estimate of drug-likeness (QED) is 0.652. The molecule has 0 spiro atoms. The molecule has 0 aliphatic carbocycles. The van der Waals surface area contributed by atoms with E-state index in [0.717, 1.165) is 52.5 Å². The minimum Gasteiger partial charge on any atom is -0.464 e. The number of benzene rings is 1. The number of aromatic nitrogens is 1. The summed E-state index contributed by atoms with van der Waals surface area (Å²) in [4.78, 5) is 22.7. The number of esters is 1. The molecule has 1 fully saturated rings. The highest BCUT2D eigenvalue weighted by Crippen LogP contribution is 2.43. The Balaban J connectivity index is 1.79. The maximum Gasteiger partial charge on any atom is 0.356 e. The molecule has 0 bridgehead atoms. The minimum atomic E-state index is -0.403. The topological polar surface area (TPSA) is 76.0 Å². The zero-order valence-corrected chi connectivity index (χ0v) is 19.6. The Hall–Kier alpha value is -2.71. The first-order chi connectivity index (χ1) is 15.6. The third kappa shape index (κ3) is 3.51. The highest BCUT2D eigenvalue weighted by atomic mass is 79.9. The van der Waals surface area contributed by atoms with Crippen LogP contribution in [-0.4, -0.2) is 49.4 Å². The van der Waals surface area contributed by atoms with Crippen molar-refractivity contribution in [1.29, 1.82) is 0 Å². The number of pyridine rings is 1. The molecule has 1 N–H and O–H groups in total. The Kier molecular flexibility index (Phi) is 5.73. The summed E-state index contributed by atoms with van der Waals surface area (Å²) in [6.45, 7) is 1.47. The zero-order chi connectivity index (χ0) is 22.2. The van der Waals surface area contributed by atoms with Crippen molar-refractivity contribution in [3.05, 3.63) is 74.6 Å². The normalized spacial score (nSPS) is 21.4. The molecule has 2 aromatic rings. The fourth-order valence-corrected chi connectivity index (χ4v) is 5.48. The average molecular weight is 497 g/mol. The molecule has 32 heavy (non-hydrogen) atoms. The van der Waals surface area contributed by atoms with Gasteiger partial charge in [0.05, 0.1) is 18.8 Å². The number of nitrogens with zero attached hydrogens (tertiary/aromatic N) is 3. The first-order valence-electron chi connectivity index (χ1n) is 10.8. The smallest absolute Gasteiger partial charge is 0.356 e. The summed E-state index contributed by atoms with van der Waals surface area (Å²) in [5.74, 6) is 0.0491. The fourth-order valence-electron chi connectivity index (χ4n) is 5.07. The van der Waals surface area contributed by atoms with Crippen LogP contribution in [0.15, 0.2) is 63.3 Å². The van der Waals surface area contributed by atoms with Gasteiger partial charge in [0.15, 0.2) is 0 Å². The van der Waals surface area contributed by atoms with Gasteiger partial charge in [0, 0.05) is 42.4 Å². The summed E-state index contributed by atoms with van der Waals surface area (Å²) in [7, 11) is 3.30. The SMILES string of the molecule is COC(=O)C1=C2C(=c3nccc(Br)c3=NC2C(c2ccccc2)C2CCOCC2)N(C)N1. The number of ether oxygens (including phenoxy) is 2. The molecule has 2 unspecified atom stereocenters. The van der Waals surface area contributed by atoms with Crippen LogP contribution in [-0.2, 0) is 14.3 Å². The number of hydrogen-bond donors (Lipinski definition) is 1. The second-order valence-corrected chi connectivity index (χ2v) is 9.10. The van der Waals surface area contributed by atoms with E-state index in [2.05, 4.69) is 50.6 Å². The number of halogens is 1. The molecule has 2 atom stereocenters. The number of carbonyl (C=O) groups excluding carboxylic acids is 1. The van der Waals surface area contributed by atoms with Crippen LogP contribution >= 0.6 is 15.9 Å². The molecule has 3 aliphatic rings. The molecule has 0 saturated carbocycles. The molecule has 3 aliphatic heterocycles. The van der Waals surface area contributed by atoms with Crippen LogP contribution in [0.5, 0.6) is 0 Å². The maximum atomic E-state index is 12.8. The van der Waals surface area contributed by atoms with Crippen molar-refractivity contribution in [2.24, 2.45) is 10.9 Å². The van der Waals surface area contributed by atoms with E-state index in [-0.39, 0.29) is 12.0 Å². The van der Waals surface area contributed by atoms with Gasteiger partial charge in [-0.1, -0.05) is 30.3 Å². The summed E-state index contributed by atoms with van der Waals surface area (Å²) in [5.41, 5.74) is 6.56. The van der Waals surface area contributed by atoms with Gasteiger partial charge in [0.2, 0.25) is 0 Å². The van der Waals surface area contributed by atoms with E-state index in [0.29, 0.717) is 11.6 Å². The Labute approximate surface area is 194 Å². The second-order valence-electron chi connectivity index (χ2n) is 8.25. The van der Waals surface area contributed by atoms with Crippen LogP contribution < -0.4 is 16.1 Å². The number of likely N-dealkylation sites (N-methyl/N-ethyl adjacent to an activating group) is 1. The predicted molar refractivity (Wildman–Crippen MR) is 123 cm³/mol. The first-order valence-corrected chi connectivity index (χ1v) is 11.6. The number of methoxy groups -OCH3 is 1. The number of fused-ring (bicyclic) bond motifs is 2. The van der Waals surface area contributed by atoms with E-state index < -0.39 is 5.97 Å². The largest absolute Gasteiger partial charge is 0.464 e. The molecule has 5 rings (SSSR count). The van der Waals surface area contributed by atoms with Crippen molar-refractivity contribution in [2.45, 2.75) is 24.8 Å². The molecule has 0 amide bonds. The second kappa shape index (κ2) is 8.67. The van der Waals surface area contributed by atoms with Crippen molar-refractivity contribution in [1.82, 2.24) is 15.4 Å². The molecular formula is C24H25BrN4O3. The number of nitrogens with one attached hydrogen (secondary N) is 1. The van der Waals surface area contributed by atoms with E-state index in [1.165, 1.54) is 12.7 Å². The molecule has 1 saturated heterocycles. The van der Waals surface area contributed by atoms with E-state index in [1.807, 2.05) is 24.2 Å². The summed E-state index contributed by atoms with van der Waals surface area (Å²) in [5, 5.41) is 3.41. The standard InChI is InChI=1S/C24H25BrN4O3/c1-29-23-18(21(28-29)24(30)31-2)20(27-19-16(25)8-11-26-22(19)23)17(14-6-4-3-5-7-14)15-9-12-32-13-10-15/h3-8,11,15,17,20,28H,9-10,12-13H2,1-2H3. The van der Waals surface area contributed by atoms with Gasteiger partial charge in [0.25, 0.3) is 0 Å².